The van der Waals surface area contributed by atoms with E-state index in [2.05, 4.69) is 37.9 Å². The summed E-state index contributed by atoms with van der Waals surface area (Å²) in [4.78, 5) is 2.86. The molecule has 3 heteroatoms. The third-order valence-electron chi connectivity index (χ3n) is 3.21. The van der Waals surface area contributed by atoms with Crippen LogP contribution in [0.2, 0.25) is 0 Å². The van der Waals surface area contributed by atoms with Crippen molar-refractivity contribution in [3.05, 3.63) is 35.4 Å². The fourth-order valence-corrected chi connectivity index (χ4v) is 2.28. The van der Waals surface area contributed by atoms with Crippen LogP contribution in [0.25, 0.3) is 0 Å². The number of nitrogens with two attached hydrogens (primary N) is 1. The summed E-state index contributed by atoms with van der Waals surface area (Å²) in [7, 11) is 2.17. The maximum absolute atomic E-state index is 5.64. The molecule has 1 aromatic rings. The average Bonchev–Trinajstić information content (AvgIpc) is 2.30. The Morgan fingerprint density at radius 3 is 2.53 bits per heavy atom. The number of hydrogen-bond donors (Lipinski definition) is 1. The third kappa shape index (κ3) is 4.10. The van der Waals surface area contributed by atoms with Gasteiger partial charge in [0.25, 0.3) is 0 Å². The zero-order valence-electron chi connectivity index (χ0n) is 10.9. The van der Waals surface area contributed by atoms with Crippen LogP contribution in [0.1, 0.15) is 37.8 Å². The van der Waals surface area contributed by atoms with E-state index >= 15 is 0 Å². The van der Waals surface area contributed by atoms with Gasteiger partial charge in [-0.25, -0.2) is 0 Å². The lowest BCUT2D eigenvalue weighted by molar-refractivity contribution is 0.222. The van der Waals surface area contributed by atoms with Gasteiger partial charge < -0.3 is 5.73 Å². The molecule has 0 heterocycles. The van der Waals surface area contributed by atoms with Gasteiger partial charge in [-0.1, -0.05) is 44.3 Å². The normalized spacial score (nSPS) is 11.1. The fraction of sp³-hybridized carbons (Fsp3) is 0.500. The summed E-state index contributed by atoms with van der Waals surface area (Å²) >= 11 is 5.00. The Morgan fingerprint density at radius 2 is 2.00 bits per heavy atom. The molecular weight excluding hydrogens is 228 g/mol. The number of hydrogen-bond acceptors (Lipinski definition) is 2. The second-order valence-corrected chi connectivity index (χ2v) is 4.89. The average molecular weight is 250 g/mol. The highest BCUT2D eigenvalue weighted by molar-refractivity contribution is 7.80. The standard InChI is InChI=1S/C14H22N2S/c1-4-13(5-2)16(3)10-11-7-6-8-12(9-11)14(15)17/h6-9,13H,4-5,10H2,1-3H3,(H2,15,17). The van der Waals surface area contributed by atoms with Gasteiger partial charge in [-0.05, 0) is 31.5 Å². The summed E-state index contributed by atoms with van der Waals surface area (Å²) in [6.45, 7) is 5.41. The Morgan fingerprint density at radius 1 is 1.35 bits per heavy atom. The van der Waals surface area contributed by atoms with E-state index < -0.39 is 0 Å². The monoisotopic (exact) mass is 250 g/mol. The molecule has 0 aliphatic carbocycles. The maximum Gasteiger partial charge on any atom is 0.103 e. The molecule has 0 fully saturated rings. The van der Waals surface area contributed by atoms with Crippen molar-refractivity contribution >= 4 is 17.2 Å². The molecule has 0 radical (unpaired) electrons. The molecule has 0 atom stereocenters. The minimum Gasteiger partial charge on any atom is -0.389 e. The molecule has 2 N–H and O–H groups in total. The van der Waals surface area contributed by atoms with Crippen molar-refractivity contribution in [2.45, 2.75) is 39.3 Å². The van der Waals surface area contributed by atoms with Crippen molar-refractivity contribution in [2.75, 3.05) is 7.05 Å². The summed E-state index contributed by atoms with van der Waals surface area (Å²) in [5.41, 5.74) is 7.87. The van der Waals surface area contributed by atoms with Gasteiger partial charge in [0.05, 0.1) is 0 Å². The molecule has 0 aromatic heterocycles. The lowest BCUT2D eigenvalue weighted by atomic mass is 10.1. The Hall–Kier alpha value is -0.930. The van der Waals surface area contributed by atoms with Gasteiger partial charge >= 0.3 is 0 Å². The molecule has 94 valence electrons. The molecule has 1 rings (SSSR count). The zero-order valence-corrected chi connectivity index (χ0v) is 11.8. The van der Waals surface area contributed by atoms with Crippen LogP contribution in [0.5, 0.6) is 0 Å². The van der Waals surface area contributed by atoms with E-state index in [1.807, 2.05) is 12.1 Å². The van der Waals surface area contributed by atoms with Crippen LogP contribution in [0.3, 0.4) is 0 Å². The van der Waals surface area contributed by atoms with Gasteiger partial charge in [0.1, 0.15) is 4.99 Å². The molecule has 2 nitrogen and oxygen atoms in total. The number of thiocarbonyl (C=S) groups is 1. The van der Waals surface area contributed by atoms with Gasteiger partial charge in [-0.2, -0.15) is 0 Å². The Labute approximate surface area is 110 Å². The number of nitrogens with zero attached hydrogens (tertiary/aromatic N) is 1. The molecule has 0 aliphatic heterocycles. The smallest absolute Gasteiger partial charge is 0.103 e. The van der Waals surface area contributed by atoms with Crippen molar-refractivity contribution in [1.29, 1.82) is 0 Å². The van der Waals surface area contributed by atoms with Crippen molar-refractivity contribution in [3.8, 4) is 0 Å². The molecule has 0 saturated heterocycles. The summed E-state index contributed by atoms with van der Waals surface area (Å²) in [6.07, 6.45) is 2.37. The van der Waals surface area contributed by atoms with Crippen molar-refractivity contribution in [1.82, 2.24) is 4.90 Å². The number of rotatable bonds is 6. The highest BCUT2D eigenvalue weighted by Crippen LogP contribution is 2.12. The van der Waals surface area contributed by atoms with Gasteiger partial charge in [0.2, 0.25) is 0 Å². The minimum atomic E-state index is 0.469. The van der Waals surface area contributed by atoms with Crippen LogP contribution in [-0.2, 0) is 6.54 Å². The predicted octanol–water partition coefficient (Wildman–Crippen LogP) is 2.94. The third-order valence-corrected chi connectivity index (χ3v) is 3.45. The van der Waals surface area contributed by atoms with Gasteiger partial charge in [0.15, 0.2) is 0 Å². The largest absolute Gasteiger partial charge is 0.389 e. The van der Waals surface area contributed by atoms with E-state index in [-0.39, 0.29) is 0 Å². The number of benzene rings is 1. The highest BCUT2D eigenvalue weighted by Gasteiger charge is 2.10. The van der Waals surface area contributed by atoms with E-state index in [1.54, 1.807) is 0 Å². The predicted molar refractivity (Wildman–Crippen MR) is 78.2 cm³/mol. The molecule has 0 aliphatic rings. The van der Waals surface area contributed by atoms with Crippen LogP contribution in [0.4, 0.5) is 0 Å². The molecule has 17 heavy (non-hydrogen) atoms. The maximum atomic E-state index is 5.64. The van der Waals surface area contributed by atoms with Gasteiger partial charge in [0, 0.05) is 18.2 Å². The summed E-state index contributed by atoms with van der Waals surface area (Å²) in [6, 6.07) is 8.83. The molecule has 0 amide bonds. The van der Waals surface area contributed by atoms with E-state index in [0.717, 1.165) is 12.1 Å². The second-order valence-electron chi connectivity index (χ2n) is 4.45. The Balaban J connectivity index is 2.74. The highest BCUT2D eigenvalue weighted by atomic mass is 32.1. The zero-order chi connectivity index (χ0) is 12.8. The summed E-state index contributed by atoms with van der Waals surface area (Å²) in [5.74, 6) is 0. The van der Waals surface area contributed by atoms with E-state index in [4.69, 9.17) is 18.0 Å². The molecule has 1 aromatic carbocycles. The van der Waals surface area contributed by atoms with Crippen LogP contribution in [0.15, 0.2) is 24.3 Å². The van der Waals surface area contributed by atoms with E-state index in [1.165, 1.54) is 18.4 Å². The molecule has 0 unspecified atom stereocenters. The summed E-state index contributed by atoms with van der Waals surface area (Å²) in [5, 5.41) is 0. The topological polar surface area (TPSA) is 29.3 Å². The first-order chi connectivity index (χ1) is 8.08. The summed E-state index contributed by atoms with van der Waals surface area (Å²) < 4.78 is 0. The van der Waals surface area contributed by atoms with Crippen LogP contribution < -0.4 is 5.73 Å². The first kappa shape index (κ1) is 14.1. The minimum absolute atomic E-state index is 0.469. The van der Waals surface area contributed by atoms with Crippen LogP contribution >= 0.6 is 12.2 Å². The van der Waals surface area contributed by atoms with Crippen molar-refractivity contribution in [2.24, 2.45) is 5.73 Å². The first-order valence-corrected chi connectivity index (χ1v) is 6.58. The molecule has 0 bridgehead atoms. The van der Waals surface area contributed by atoms with Gasteiger partial charge in [-0.3, -0.25) is 4.90 Å². The van der Waals surface area contributed by atoms with Crippen LogP contribution in [-0.4, -0.2) is 23.0 Å². The Kier molecular flexibility index (Phi) is 5.59. The quantitative estimate of drug-likeness (QED) is 0.787. The fourth-order valence-electron chi connectivity index (χ4n) is 2.15. The van der Waals surface area contributed by atoms with E-state index in [0.29, 0.717) is 11.0 Å². The molecule has 0 saturated carbocycles. The van der Waals surface area contributed by atoms with Crippen molar-refractivity contribution < 1.29 is 0 Å². The van der Waals surface area contributed by atoms with Gasteiger partial charge in [-0.15, -0.1) is 0 Å². The van der Waals surface area contributed by atoms with Crippen molar-refractivity contribution in [3.63, 3.8) is 0 Å². The first-order valence-electron chi connectivity index (χ1n) is 6.17. The second kappa shape index (κ2) is 6.72. The molecular formula is C14H22N2S. The van der Waals surface area contributed by atoms with E-state index in [9.17, 15) is 0 Å². The lowest BCUT2D eigenvalue weighted by Crippen LogP contribution is -2.30. The Bertz CT molecular complexity index is 372. The SMILES string of the molecule is CCC(CC)N(C)Cc1cccc(C(N)=S)c1. The van der Waals surface area contributed by atoms with Crippen LogP contribution in [0, 0.1) is 0 Å². The molecule has 0 spiro atoms. The lowest BCUT2D eigenvalue weighted by Gasteiger charge is -2.26.